The van der Waals surface area contributed by atoms with E-state index < -0.39 is 0 Å². The number of aliphatic imine (C=N–C) groups is 1. The van der Waals surface area contributed by atoms with Crippen molar-refractivity contribution in [3.05, 3.63) is 53.7 Å². The molecule has 3 rings (SSSR count). The highest BCUT2D eigenvalue weighted by Gasteiger charge is 2.12. The first-order valence-corrected chi connectivity index (χ1v) is 9.52. The van der Waals surface area contributed by atoms with Crippen LogP contribution in [0.2, 0.25) is 0 Å². The second-order valence-corrected chi connectivity index (χ2v) is 6.98. The highest BCUT2D eigenvalue weighted by molar-refractivity contribution is 5.92. The van der Waals surface area contributed by atoms with E-state index in [-0.39, 0.29) is 0 Å². The maximum Gasteiger partial charge on any atom is 0.193 e. The Hall–Kier alpha value is -2.56. The Labute approximate surface area is 156 Å². The van der Waals surface area contributed by atoms with Gasteiger partial charge in [0.15, 0.2) is 5.96 Å². The van der Waals surface area contributed by atoms with Crippen LogP contribution < -0.4 is 16.0 Å². The molecule has 0 radical (unpaired) electrons. The van der Waals surface area contributed by atoms with Crippen molar-refractivity contribution in [1.29, 1.82) is 0 Å². The lowest BCUT2D eigenvalue weighted by Gasteiger charge is -2.16. The Balaban J connectivity index is 1.54. The minimum absolute atomic E-state index is 0.421. The van der Waals surface area contributed by atoms with Crippen molar-refractivity contribution >= 4 is 17.5 Å². The van der Waals surface area contributed by atoms with Crippen LogP contribution >= 0.6 is 0 Å². The van der Waals surface area contributed by atoms with Crippen molar-refractivity contribution in [2.75, 3.05) is 23.3 Å². The lowest BCUT2D eigenvalue weighted by Crippen LogP contribution is -2.22. The summed E-state index contributed by atoms with van der Waals surface area (Å²) in [5, 5.41) is 3.15. The maximum absolute atomic E-state index is 6.02. The quantitative estimate of drug-likeness (QED) is 0.607. The SMILES string of the molecule is CCC(C)c1ccc(NC(N)=NCc2ccc(N3CCCC3)nc2)cc1. The Morgan fingerprint density at radius 3 is 2.54 bits per heavy atom. The largest absolute Gasteiger partial charge is 0.370 e. The van der Waals surface area contributed by atoms with Crippen LogP contribution in [-0.2, 0) is 6.54 Å². The van der Waals surface area contributed by atoms with Crippen LogP contribution in [0.3, 0.4) is 0 Å². The number of nitrogens with one attached hydrogen (secondary N) is 1. The average molecular weight is 351 g/mol. The van der Waals surface area contributed by atoms with Crippen molar-refractivity contribution in [2.24, 2.45) is 10.7 Å². The number of nitrogens with zero attached hydrogens (tertiary/aromatic N) is 3. The van der Waals surface area contributed by atoms with Crippen LogP contribution in [0.15, 0.2) is 47.6 Å². The molecule has 1 aromatic carbocycles. The van der Waals surface area contributed by atoms with Crippen molar-refractivity contribution in [3.63, 3.8) is 0 Å². The van der Waals surface area contributed by atoms with Gasteiger partial charge in [-0.25, -0.2) is 9.98 Å². The van der Waals surface area contributed by atoms with Gasteiger partial charge < -0.3 is 16.0 Å². The summed E-state index contributed by atoms with van der Waals surface area (Å²) in [6.45, 7) is 7.18. The van der Waals surface area contributed by atoms with Gasteiger partial charge in [0.25, 0.3) is 0 Å². The second kappa shape index (κ2) is 8.70. The summed E-state index contributed by atoms with van der Waals surface area (Å²) < 4.78 is 0. The van der Waals surface area contributed by atoms with Crippen molar-refractivity contribution < 1.29 is 0 Å². The predicted molar refractivity (Wildman–Crippen MR) is 110 cm³/mol. The van der Waals surface area contributed by atoms with Gasteiger partial charge in [0, 0.05) is 25.0 Å². The number of nitrogens with two attached hydrogens (primary N) is 1. The zero-order chi connectivity index (χ0) is 18.4. The summed E-state index contributed by atoms with van der Waals surface area (Å²) in [5.74, 6) is 2.05. The Kier molecular flexibility index (Phi) is 6.10. The minimum atomic E-state index is 0.421. The molecule has 5 nitrogen and oxygen atoms in total. The van der Waals surface area contributed by atoms with E-state index in [2.05, 4.69) is 70.4 Å². The molecule has 0 saturated carbocycles. The predicted octanol–water partition coefficient (Wildman–Crippen LogP) is 4.12. The Bertz CT molecular complexity index is 715. The number of pyridine rings is 1. The first-order valence-electron chi connectivity index (χ1n) is 9.52. The van der Waals surface area contributed by atoms with Crippen molar-refractivity contribution in [3.8, 4) is 0 Å². The molecule has 138 valence electrons. The van der Waals surface area contributed by atoms with E-state index in [0.717, 1.165) is 36.6 Å². The van der Waals surface area contributed by atoms with Crippen molar-refractivity contribution in [2.45, 2.75) is 45.6 Å². The van der Waals surface area contributed by atoms with Crippen LogP contribution in [0.25, 0.3) is 0 Å². The lowest BCUT2D eigenvalue weighted by atomic mass is 9.99. The monoisotopic (exact) mass is 351 g/mol. The minimum Gasteiger partial charge on any atom is -0.370 e. The molecule has 5 heteroatoms. The molecule has 0 spiro atoms. The lowest BCUT2D eigenvalue weighted by molar-refractivity contribution is 0.734. The van der Waals surface area contributed by atoms with E-state index in [0.29, 0.717) is 18.4 Å². The van der Waals surface area contributed by atoms with Crippen LogP contribution in [0.1, 0.15) is 50.2 Å². The van der Waals surface area contributed by atoms with E-state index in [1.807, 2.05) is 6.20 Å². The molecule has 0 bridgehead atoms. The molecule has 1 aromatic heterocycles. The van der Waals surface area contributed by atoms with E-state index in [1.54, 1.807) is 0 Å². The molecular formula is C21H29N5. The molecule has 0 aliphatic carbocycles. The number of hydrogen-bond acceptors (Lipinski definition) is 3. The zero-order valence-electron chi connectivity index (χ0n) is 15.8. The van der Waals surface area contributed by atoms with Gasteiger partial charge in [-0.15, -0.1) is 0 Å². The molecule has 26 heavy (non-hydrogen) atoms. The summed E-state index contributed by atoms with van der Waals surface area (Å²) in [6.07, 6.45) is 5.55. The Morgan fingerprint density at radius 2 is 1.92 bits per heavy atom. The topological polar surface area (TPSA) is 66.5 Å². The molecular weight excluding hydrogens is 322 g/mol. The number of anilines is 2. The van der Waals surface area contributed by atoms with Crippen LogP contribution in [0.5, 0.6) is 0 Å². The molecule has 1 atom stereocenters. The zero-order valence-corrected chi connectivity index (χ0v) is 15.8. The summed E-state index contributed by atoms with van der Waals surface area (Å²) in [4.78, 5) is 11.3. The van der Waals surface area contributed by atoms with Gasteiger partial charge in [0.05, 0.1) is 6.54 Å². The molecule has 3 N–H and O–H groups in total. The fourth-order valence-electron chi connectivity index (χ4n) is 3.14. The third-order valence-corrected chi connectivity index (χ3v) is 5.04. The Morgan fingerprint density at radius 1 is 1.19 bits per heavy atom. The maximum atomic E-state index is 6.02. The van der Waals surface area contributed by atoms with Crippen molar-refractivity contribution in [1.82, 2.24) is 4.98 Å². The fourth-order valence-corrected chi connectivity index (χ4v) is 3.14. The van der Waals surface area contributed by atoms with Gasteiger partial charge in [0.2, 0.25) is 0 Å². The summed E-state index contributed by atoms with van der Waals surface area (Å²) in [5.41, 5.74) is 9.38. The van der Waals surface area contributed by atoms with Crippen LogP contribution in [0, 0.1) is 0 Å². The third kappa shape index (κ3) is 4.75. The van der Waals surface area contributed by atoms with E-state index in [4.69, 9.17) is 5.73 Å². The average Bonchev–Trinajstić information content (AvgIpc) is 3.21. The standard InChI is InChI=1S/C21H29N5/c1-3-16(2)18-7-9-19(10-8-18)25-21(22)24-15-17-6-11-20(23-14-17)26-12-4-5-13-26/h6-11,14,16H,3-5,12-13,15H2,1-2H3,(H3,22,24,25). The van der Waals surface area contributed by atoms with Crippen LogP contribution in [-0.4, -0.2) is 24.0 Å². The molecule has 2 aromatic rings. The first kappa shape index (κ1) is 18.2. The van der Waals surface area contributed by atoms with Gasteiger partial charge in [-0.05, 0) is 54.5 Å². The van der Waals surface area contributed by atoms with Gasteiger partial charge in [-0.3, -0.25) is 0 Å². The van der Waals surface area contributed by atoms with E-state index in [1.165, 1.54) is 18.4 Å². The summed E-state index contributed by atoms with van der Waals surface area (Å²) in [6, 6.07) is 12.5. The molecule has 0 amide bonds. The molecule has 1 aliphatic heterocycles. The van der Waals surface area contributed by atoms with Gasteiger partial charge in [0.1, 0.15) is 5.82 Å². The molecule has 2 heterocycles. The number of hydrogen-bond donors (Lipinski definition) is 2. The number of benzene rings is 1. The molecule has 1 unspecified atom stereocenters. The molecule has 1 fully saturated rings. The van der Waals surface area contributed by atoms with Crippen LogP contribution in [0.4, 0.5) is 11.5 Å². The highest BCUT2D eigenvalue weighted by atomic mass is 15.2. The normalized spacial score (nSPS) is 15.9. The van der Waals surface area contributed by atoms with E-state index >= 15 is 0 Å². The first-order chi connectivity index (χ1) is 12.7. The molecule has 1 saturated heterocycles. The molecule has 1 aliphatic rings. The van der Waals surface area contributed by atoms with Gasteiger partial charge >= 0.3 is 0 Å². The number of guanidine groups is 1. The summed E-state index contributed by atoms with van der Waals surface area (Å²) >= 11 is 0. The second-order valence-electron chi connectivity index (χ2n) is 6.98. The van der Waals surface area contributed by atoms with E-state index in [9.17, 15) is 0 Å². The third-order valence-electron chi connectivity index (χ3n) is 5.04. The number of rotatable bonds is 6. The van der Waals surface area contributed by atoms with Gasteiger partial charge in [-0.1, -0.05) is 32.0 Å². The van der Waals surface area contributed by atoms with Gasteiger partial charge in [-0.2, -0.15) is 0 Å². The fraction of sp³-hybridized carbons (Fsp3) is 0.429. The summed E-state index contributed by atoms with van der Waals surface area (Å²) in [7, 11) is 0. The smallest absolute Gasteiger partial charge is 0.193 e. The highest BCUT2D eigenvalue weighted by Crippen LogP contribution is 2.20. The number of aromatic nitrogens is 1.